The van der Waals surface area contributed by atoms with E-state index >= 15 is 0 Å². The number of hydrogen-bond acceptors (Lipinski definition) is 2. The van der Waals surface area contributed by atoms with Crippen molar-refractivity contribution in [3.05, 3.63) is 64.5 Å². The van der Waals surface area contributed by atoms with E-state index in [-0.39, 0.29) is 0 Å². The SMILES string of the molecule is Cc1ccc(CC(N)c2ccc(C(F)(F)F)cn2)cc1C. The number of aromatic nitrogens is 1. The fourth-order valence-electron chi connectivity index (χ4n) is 2.08. The molecule has 1 heterocycles. The maximum absolute atomic E-state index is 12.5. The lowest BCUT2D eigenvalue weighted by molar-refractivity contribution is -0.137. The van der Waals surface area contributed by atoms with Gasteiger partial charge in [0, 0.05) is 6.20 Å². The smallest absolute Gasteiger partial charge is 0.322 e. The van der Waals surface area contributed by atoms with E-state index in [0.717, 1.165) is 17.8 Å². The molecule has 2 rings (SSSR count). The summed E-state index contributed by atoms with van der Waals surface area (Å²) in [5, 5.41) is 0. The third-order valence-corrected chi connectivity index (χ3v) is 3.52. The summed E-state index contributed by atoms with van der Waals surface area (Å²) in [5.74, 6) is 0. The Balaban J connectivity index is 2.13. The number of alkyl halides is 3. The van der Waals surface area contributed by atoms with E-state index in [9.17, 15) is 13.2 Å². The van der Waals surface area contributed by atoms with Gasteiger partial charge in [0.25, 0.3) is 0 Å². The minimum absolute atomic E-state index is 0.422. The van der Waals surface area contributed by atoms with E-state index < -0.39 is 17.8 Å². The fraction of sp³-hybridized carbons (Fsp3) is 0.312. The molecule has 0 aliphatic rings. The number of benzene rings is 1. The Bertz CT molecular complexity index is 618. The van der Waals surface area contributed by atoms with Crippen molar-refractivity contribution >= 4 is 0 Å². The van der Waals surface area contributed by atoms with Gasteiger partial charge >= 0.3 is 6.18 Å². The van der Waals surface area contributed by atoms with Gasteiger partial charge in [0.1, 0.15) is 0 Å². The van der Waals surface area contributed by atoms with Crippen molar-refractivity contribution < 1.29 is 13.2 Å². The Morgan fingerprint density at radius 1 is 1.10 bits per heavy atom. The summed E-state index contributed by atoms with van der Waals surface area (Å²) < 4.78 is 37.4. The average molecular weight is 294 g/mol. The predicted molar refractivity (Wildman–Crippen MR) is 75.8 cm³/mol. The quantitative estimate of drug-likeness (QED) is 0.930. The molecule has 0 aliphatic heterocycles. The molecule has 1 aromatic carbocycles. The van der Waals surface area contributed by atoms with Crippen LogP contribution in [0.15, 0.2) is 36.5 Å². The van der Waals surface area contributed by atoms with Crippen LogP contribution in [0.5, 0.6) is 0 Å². The van der Waals surface area contributed by atoms with Crippen LogP contribution in [0, 0.1) is 13.8 Å². The van der Waals surface area contributed by atoms with Crippen LogP contribution in [0.3, 0.4) is 0 Å². The molecule has 2 aromatic rings. The monoisotopic (exact) mass is 294 g/mol. The number of rotatable bonds is 3. The number of pyridine rings is 1. The fourth-order valence-corrected chi connectivity index (χ4v) is 2.08. The molecule has 112 valence electrons. The topological polar surface area (TPSA) is 38.9 Å². The van der Waals surface area contributed by atoms with E-state index in [2.05, 4.69) is 4.98 Å². The first kappa shape index (κ1) is 15.5. The Morgan fingerprint density at radius 3 is 2.33 bits per heavy atom. The summed E-state index contributed by atoms with van der Waals surface area (Å²) in [6.45, 7) is 4.04. The van der Waals surface area contributed by atoms with Gasteiger partial charge in [-0.2, -0.15) is 13.2 Å². The first-order chi connectivity index (χ1) is 9.77. The Kier molecular flexibility index (Phi) is 4.32. The zero-order valence-corrected chi connectivity index (χ0v) is 11.9. The number of hydrogen-bond donors (Lipinski definition) is 1. The second-order valence-electron chi connectivity index (χ2n) is 5.20. The van der Waals surface area contributed by atoms with Crippen LogP contribution in [-0.2, 0) is 12.6 Å². The molecule has 5 heteroatoms. The van der Waals surface area contributed by atoms with E-state index in [0.29, 0.717) is 12.1 Å². The zero-order chi connectivity index (χ0) is 15.6. The predicted octanol–water partition coefficient (Wildman–Crippen LogP) is 3.96. The zero-order valence-electron chi connectivity index (χ0n) is 11.9. The summed E-state index contributed by atoms with van der Waals surface area (Å²) in [6.07, 6.45) is -3.00. The highest BCUT2D eigenvalue weighted by Crippen LogP contribution is 2.29. The first-order valence-electron chi connectivity index (χ1n) is 6.62. The van der Waals surface area contributed by atoms with Gasteiger partial charge in [0.05, 0.1) is 17.3 Å². The van der Waals surface area contributed by atoms with Crippen LogP contribution in [0.25, 0.3) is 0 Å². The third kappa shape index (κ3) is 3.82. The van der Waals surface area contributed by atoms with Crippen molar-refractivity contribution in [1.29, 1.82) is 0 Å². The molecule has 0 fully saturated rings. The number of nitrogens with zero attached hydrogens (tertiary/aromatic N) is 1. The highest BCUT2D eigenvalue weighted by atomic mass is 19.4. The molecule has 0 radical (unpaired) electrons. The minimum atomic E-state index is -4.37. The lowest BCUT2D eigenvalue weighted by Crippen LogP contribution is -2.16. The van der Waals surface area contributed by atoms with Crippen molar-refractivity contribution in [2.24, 2.45) is 5.73 Å². The van der Waals surface area contributed by atoms with Crippen LogP contribution in [0.1, 0.15) is 34.0 Å². The average Bonchev–Trinajstić information content (AvgIpc) is 2.42. The number of nitrogens with two attached hydrogens (primary N) is 1. The molecule has 0 spiro atoms. The van der Waals surface area contributed by atoms with Gasteiger partial charge in [0.15, 0.2) is 0 Å². The van der Waals surface area contributed by atoms with E-state index in [1.165, 1.54) is 17.2 Å². The first-order valence-corrected chi connectivity index (χ1v) is 6.62. The summed E-state index contributed by atoms with van der Waals surface area (Å²) in [4.78, 5) is 3.84. The van der Waals surface area contributed by atoms with Crippen molar-refractivity contribution in [3.63, 3.8) is 0 Å². The highest BCUT2D eigenvalue weighted by Gasteiger charge is 2.30. The van der Waals surface area contributed by atoms with Crippen molar-refractivity contribution in [1.82, 2.24) is 4.98 Å². The molecule has 1 unspecified atom stereocenters. The molecular formula is C16H17F3N2. The molecule has 1 atom stereocenters. The molecule has 0 aliphatic carbocycles. The molecular weight excluding hydrogens is 277 g/mol. The second-order valence-corrected chi connectivity index (χ2v) is 5.20. The van der Waals surface area contributed by atoms with Crippen molar-refractivity contribution in [2.75, 3.05) is 0 Å². The Labute approximate surface area is 121 Å². The Hall–Kier alpha value is -1.88. The van der Waals surface area contributed by atoms with Crippen molar-refractivity contribution in [2.45, 2.75) is 32.5 Å². The summed E-state index contributed by atoms with van der Waals surface area (Å²) in [5.41, 5.74) is 9.14. The number of halogens is 3. The van der Waals surface area contributed by atoms with Crippen LogP contribution < -0.4 is 5.73 Å². The van der Waals surface area contributed by atoms with Crippen LogP contribution in [0.4, 0.5) is 13.2 Å². The van der Waals surface area contributed by atoms with Gasteiger partial charge in [0.2, 0.25) is 0 Å². The van der Waals surface area contributed by atoms with Crippen LogP contribution >= 0.6 is 0 Å². The van der Waals surface area contributed by atoms with E-state index in [1.807, 2.05) is 32.0 Å². The van der Waals surface area contributed by atoms with Crippen LogP contribution in [0.2, 0.25) is 0 Å². The largest absolute Gasteiger partial charge is 0.417 e. The van der Waals surface area contributed by atoms with Gasteiger partial charge in [-0.1, -0.05) is 18.2 Å². The number of aryl methyl sites for hydroxylation is 2. The normalized spacial score (nSPS) is 13.2. The summed E-state index contributed by atoms with van der Waals surface area (Å²) >= 11 is 0. The minimum Gasteiger partial charge on any atom is -0.322 e. The van der Waals surface area contributed by atoms with E-state index in [1.54, 1.807) is 0 Å². The molecule has 0 saturated carbocycles. The van der Waals surface area contributed by atoms with Gasteiger partial charge in [-0.05, 0) is 49.1 Å². The second kappa shape index (κ2) is 5.85. The van der Waals surface area contributed by atoms with Crippen LogP contribution in [-0.4, -0.2) is 4.98 Å². The maximum Gasteiger partial charge on any atom is 0.417 e. The molecule has 21 heavy (non-hydrogen) atoms. The molecule has 0 bridgehead atoms. The van der Waals surface area contributed by atoms with Gasteiger partial charge in [-0.3, -0.25) is 4.98 Å². The van der Waals surface area contributed by atoms with E-state index in [4.69, 9.17) is 5.73 Å². The lowest BCUT2D eigenvalue weighted by atomic mass is 9.99. The third-order valence-electron chi connectivity index (χ3n) is 3.52. The van der Waals surface area contributed by atoms with Crippen molar-refractivity contribution in [3.8, 4) is 0 Å². The Morgan fingerprint density at radius 2 is 1.81 bits per heavy atom. The molecule has 2 N–H and O–H groups in total. The van der Waals surface area contributed by atoms with Gasteiger partial charge < -0.3 is 5.73 Å². The van der Waals surface area contributed by atoms with Gasteiger partial charge in [-0.15, -0.1) is 0 Å². The summed E-state index contributed by atoms with van der Waals surface area (Å²) in [7, 11) is 0. The van der Waals surface area contributed by atoms with Gasteiger partial charge in [-0.25, -0.2) is 0 Å². The highest BCUT2D eigenvalue weighted by molar-refractivity contribution is 5.31. The molecule has 0 amide bonds. The summed E-state index contributed by atoms with van der Waals surface area (Å²) in [6, 6.07) is 7.97. The molecule has 1 aromatic heterocycles. The molecule has 0 saturated heterocycles. The maximum atomic E-state index is 12.5. The molecule has 2 nitrogen and oxygen atoms in total. The standard InChI is InChI=1S/C16H17F3N2/c1-10-3-4-12(7-11(10)2)8-14(20)15-6-5-13(9-21-15)16(17,18)19/h3-7,9,14H,8,20H2,1-2H3. The lowest BCUT2D eigenvalue weighted by Gasteiger charge is -2.13.